The molecule has 3 heteroatoms. The van der Waals surface area contributed by atoms with Gasteiger partial charge in [-0.15, -0.1) is 0 Å². The molecule has 0 aliphatic heterocycles. The second-order valence-electron chi connectivity index (χ2n) is 5.16. The molecule has 1 N–H and O–H groups in total. The predicted octanol–water partition coefficient (Wildman–Crippen LogP) is 4.44. The Bertz CT molecular complexity index is 366. The highest BCUT2D eigenvalue weighted by molar-refractivity contribution is 6.30. The molecule has 1 aromatic rings. The summed E-state index contributed by atoms with van der Waals surface area (Å²) >= 11 is 5.92. The van der Waals surface area contributed by atoms with E-state index in [0.717, 1.165) is 31.4 Å². The van der Waals surface area contributed by atoms with Crippen LogP contribution < -0.4 is 5.32 Å². The van der Waals surface area contributed by atoms with Crippen LogP contribution in [0.2, 0.25) is 5.02 Å². The Morgan fingerprint density at radius 2 is 2.06 bits per heavy atom. The van der Waals surface area contributed by atoms with Crippen molar-refractivity contribution in [2.75, 3.05) is 6.54 Å². The fourth-order valence-corrected chi connectivity index (χ4v) is 2.29. The summed E-state index contributed by atoms with van der Waals surface area (Å²) in [5.74, 6) is 0.315. The summed E-state index contributed by atoms with van der Waals surface area (Å²) in [5.41, 5.74) is 0.728. The Morgan fingerprint density at radius 1 is 1.33 bits per heavy atom. The van der Waals surface area contributed by atoms with Crippen LogP contribution in [0.4, 0.5) is 4.39 Å². The maximum Gasteiger partial charge on any atom is 0.126 e. The van der Waals surface area contributed by atoms with Gasteiger partial charge >= 0.3 is 0 Å². The molecule has 0 radical (unpaired) electrons. The van der Waals surface area contributed by atoms with E-state index in [1.807, 2.05) is 0 Å². The molecule has 102 valence electrons. The molecule has 0 saturated carbocycles. The summed E-state index contributed by atoms with van der Waals surface area (Å²) in [6.07, 6.45) is 2.97. The van der Waals surface area contributed by atoms with E-state index in [2.05, 4.69) is 26.1 Å². The van der Waals surface area contributed by atoms with Gasteiger partial charge in [0.2, 0.25) is 0 Å². The summed E-state index contributed by atoms with van der Waals surface area (Å²) in [7, 11) is 0. The molecule has 1 atom stereocenters. The lowest BCUT2D eigenvalue weighted by Gasteiger charge is -2.19. The summed E-state index contributed by atoms with van der Waals surface area (Å²) < 4.78 is 13.7. The van der Waals surface area contributed by atoms with E-state index in [1.165, 1.54) is 6.07 Å². The van der Waals surface area contributed by atoms with Crippen molar-refractivity contribution in [3.05, 3.63) is 34.6 Å². The second-order valence-corrected chi connectivity index (χ2v) is 5.59. The number of hydrogen-bond donors (Lipinski definition) is 1. The molecule has 0 spiro atoms. The van der Waals surface area contributed by atoms with Gasteiger partial charge in [-0.3, -0.25) is 0 Å². The van der Waals surface area contributed by atoms with Gasteiger partial charge in [-0.25, -0.2) is 4.39 Å². The van der Waals surface area contributed by atoms with Crippen molar-refractivity contribution in [3.63, 3.8) is 0 Å². The zero-order valence-corrected chi connectivity index (χ0v) is 12.2. The molecular weight excluding hydrogens is 249 g/mol. The van der Waals surface area contributed by atoms with Gasteiger partial charge in [-0.1, -0.05) is 38.8 Å². The minimum Gasteiger partial charge on any atom is -0.314 e. The Balaban J connectivity index is 2.66. The summed E-state index contributed by atoms with van der Waals surface area (Å²) in [6, 6.07) is 5.26. The second kappa shape index (κ2) is 7.75. The average Bonchev–Trinajstić information content (AvgIpc) is 2.31. The molecule has 0 saturated heterocycles. The summed E-state index contributed by atoms with van der Waals surface area (Å²) in [6.45, 7) is 7.35. The van der Waals surface area contributed by atoms with Gasteiger partial charge in [0.1, 0.15) is 5.82 Å². The molecule has 1 rings (SSSR count). The zero-order valence-electron chi connectivity index (χ0n) is 11.5. The maximum atomic E-state index is 13.7. The highest BCUT2D eigenvalue weighted by Crippen LogP contribution is 2.20. The highest BCUT2D eigenvalue weighted by Gasteiger charge is 2.12. The van der Waals surface area contributed by atoms with Crippen LogP contribution in [0, 0.1) is 11.7 Å². The van der Waals surface area contributed by atoms with E-state index in [-0.39, 0.29) is 5.82 Å². The van der Waals surface area contributed by atoms with E-state index >= 15 is 0 Å². The van der Waals surface area contributed by atoms with Crippen molar-refractivity contribution in [1.82, 2.24) is 5.32 Å². The van der Waals surface area contributed by atoms with Crippen LogP contribution in [0.15, 0.2) is 18.2 Å². The van der Waals surface area contributed by atoms with Gasteiger partial charge in [0, 0.05) is 11.1 Å². The molecule has 0 heterocycles. The first-order valence-electron chi connectivity index (χ1n) is 6.70. The van der Waals surface area contributed by atoms with Crippen LogP contribution >= 0.6 is 11.6 Å². The smallest absolute Gasteiger partial charge is 0.126 e. The predicted molar refractivity (Wildman–Crippen MR) is 76.7 cm³/mol. The van der Waals surface area contributed by atoms with Gasteiger partial charge in [0.05, 0.1) is 0 Å². The first kappa shape index (κ1) is 15.5. The molecule has 0 aliphatic carbocycles. The normalized spacial score (nSPS) is 13.0. The minimum absolute atomic E-state index is 0.148. The third-order valence-electron chi connectivity index (χ3n) is 3.03. The lowest BCUT2D eigenvalue weighted by Crippen LogP contribution is -2.30. The van der Waals surface area contributed by atoms with Crippen LogP contribution in [0.3, 0.4) is 0 Å². The van der Waals surface area contributed by atoms with Crippen LogP contribution in [-0.4, -0.2) is 12.6 Å². The molecule has 0 bridgehead atoms. The Labute approximate surface area is 115 Å². The van der Waals surface area contributed by atoms with Crippen LogP contribution in [0.5, 0.6) is 0 Å². The van der Waals surface area contributed by atoms with Gasteiger partial charge < -0.3 is 5.32 Å². The lowest BCUT2D eigenvalue weighted by atomic mass is 9.94. The molecular formula is C15H23ClFN. The largest absolute Gasteiger partial charge is 0.314 e. The van der Waals surface area contributed by atoms with Crippen LogP contribution in [0.25, 0.3) is 0 Å². The van der Waals surface area contributed by atoms with Gasteiger partial charge in [-0.05, 0) is 49.1 Å². The Kier molecular flexibility index (Phi) is 6.66. The van der Waals surface area contributed by atoms with E-state index in [4.69, 9.17) is 11.6 Å². The highest BCUT2D eigenvalue weighted by atomic mass is 35.5. The molecule has 0 amide bonds. The SMILES string of the molecule is CCCC(CNC(C)C)Cc1cc(Cl)ccc1F. The number of halogens is 2. The lowest BCUT2D eigenvalue weighted by molar-refractivity contribution is 0.413. The molecule has 18 heavy (non-hydrogen) atoms. The maximum absolute atomic E-state index is 13.7. The van der Waals surface area contributed by atoms with Crippen molar-refractivity contribution in [2.24, 2.45) is 5.92 Å². The van der Waals surface area contributed by atoms with E-state index < -0.39 is 0 Å². The number of nitrogens with one attached hydrogen (secondary N) is 1. The summed E-state index contributed by atoms with van der Waals surface area (Å²) in [4.78, 5) is 0. The number of rotatable bonds is 7. The van der Waals surface area contributed by atoms with E-state index in [0.29, 0.717) is 17.0 Å². The number of benzene rings is 1. The summed E-state index contributed by atoms with van der Waals surface area (Å²) in [5, 5.41) is 4.04. The van der Waals surface area contributed by atoms with E-state index in [9.17, 15) is 4.39 Å². The van der Waals surface area contributed by atoms with Crippen molar-refractivity contribution < 1.29 is 4.39 Å². The van der Waals surface area contributed by atoms with Crippen molar-refractivity contribution in [2.45, 2.75) is 46.1 Å². The Morgan fingerprint density at radius 3 is 2.67 bits per heavy atom. The van der Waals surface area contributed by atoms with Crippen molar-refractivity contribution >= 4 is 11.6 Å². The quantitative estimate of drug-likeness (QED) is 0.773. The molecule has 1 unspecified atom stereocenters. The minimum atomic E-state index is -0.148. The monoisotopic (exact) mass is 271 g/mol. The molecule has 0 aliphatic rings. The van der Waals surface area contributed by atoms with Gasteiger partial charge in [-0.2, -0.15) is 0 Å². The third-order valence-corrected chi connectivity index (χ3v) is 3.26. The topological polar surface area (TPSA) is 12.0 Å². The number of hydrogen-bond acceptors (Lipinski definition) is 1. The zero-order chi connectivity index (χ0) is 13.5. The first-order chi connectivity index (χ1) is 8.52. The van der Waals surface area contributed by atoms with Crippen molar-refractivity contribution in [3.8, 4) is 0 Å². The molecule has 1 aromatic carbocycles. The average molecular weight is 272 g/mol. The molecule has 0 fully saturated rings. The molecule has 1 nitrogen and oxygen atoms in total. The van der Waals surface area contributed by atoms with E-state index in [1.54, 1.807) is 12.1 Å². The first-order valence-corrected chi connectivity index (χ1v) is 7.08. The van der Waals surface area contributed by atoms with Crippen LogP contribution in [-0.2, 0) is 6.42 Å². The fourth-order valence-electron chi connectivity index (χ4n) is 2.10. The van der Waals surface area contributed by atoms with Gasteiger partial charge in [0.15, 0.2) is 0 Å². The fraction of sp³-hybridized carbons (Fsp3) is 0.600. The van der Waals surface area contributed by atoms with Gasteiger partial charge in [0.25, 0.3) is 0 Å². The van der Waals surface area contributed by atoms with Crippen LogP contribution in [0.1, 0.15) is 39.2 Å². The molecule has 0 aromatic heterocycles. The van der Waals surface area contributed by atoms with Crippen molar-refractivity contribution in [1.29, 1.82) is 0 Å². The standard InChI is InChI=1S/C15H23ClFN/c1-4-5-12(10-18-11(2)3)8-13-9-14(16)6-7-15(13)17/h6-7,9,11-12,18H,4-5,8,10H2,1-3H3. The third kappa shape index (κ3) is 5.36. The Hall–Kier alpha value is -0.600.